The predicted molar refractivity (Wildman–Crippen MR) is 147 cm³/mol. The number of hydrogen-bond acceptors (Lipinski definition) is 16. The van der Waals surface area contributed by atoms with Gasteiger partial charge in [-0.3, -0.25) is 13.7 Å². The summed E-state index contributed by atoms with van der Waals surface area (Å²) in [6.45, 7) is -5.08. The molecular weight excluding hydrogens is 652 g/mol. The van der Waals surface area contributed by atoms with E-state index in [-0.39, 0.29) is 47.0 Å². The van der Waals surface area contributed by atoms with Crippen LogP contribution in [0.25, 0.3) is 22.3 Å². The Hall–Kier alpha value is -2.97. The van der Waals surface area contributed by atoms with Gasteiger partial charge in [0.15, 0.2) is 53.8 Å². The van der Waals surface area contributed by atoms with E-state index in [4.69, 9.17) is 50.8 Å². The molecule has 0 amide bonds. The first-order chi connectivity index (χ1) is 21.1. The first-order valence-electron chi connectivity index (χ1n) is 13.0. The Morgan fingerprint density at radius 1 is 0.909 bits per heavy atom. The summed E-state index contributed by atoms with van der Waals surface area (Å²) in [6, 6.07) is 0. The van der Waals surface area contributed by atoms with E-state index in [9.17, 15) is 9.46 Å². The van der Waals surface area contributed by atoms with Gasteiger partial charge in [-0.1, -0.05) is 0 Å². The number of fused-ring (bicyclic) bond motifs is 4. The smallest absolute Gasteiger partial charge is 0.382 e. The minimum Gasteiger partial charge on any atom is -0.382 e. The van der Waals surface area contributed by atoms with Gasteiger partial charge in [-0.15, -0.1) is 9.05 Å². The molecule has 7 heterocycles. The molecule has 0 aliphatic carbocycles. The van der Waals surface area contributed by atoms with Gasteiger partial charge in [-0.05, 0) is 11.8 Å². The van der Waals surface area contributed by atoms with E-state index >= 15 is 8.78 Å². The molecule has 0 saturated carbocycles. The molecule has 3 fully saturated rings. The van der Waals surface area contributed by atoms with Crippen molar-refractivity contribution >= 4 is 60.7 Å². The third-order valence-electron chi connectivity index (χ3n) is 7.32. The Labute approximate surface area is 251 Å². The van der Waals surface area contributed by atoms with Crippen LogP contribution in [0.5, 0.6) is 0 Å². The summed E-state index contributed by atoms with van der Waals surface area (Å²) >= 11 is 5.19. The minimum absolute atomic E-state index is 0.0696. The Bertz CT molecular complexity index is 1790. The van der Waals surface area contributed by atoms with Crippen LogP contribution in [-0.2, 0) is 43.9 Å². The maximum Gasteiger partial charge on any atom is 0.697 e. The van der Waals surface area contributed by atoms with E-state index in [2.05, 4.69) is 29.9 Å². The molecule has 0 spiro atoms. The number of ether oxygens (including phenoxy) is 2. The van der Waals surface area contributed by atoms with E-state index < -0.39 is 70.8 Å². The summed E-state index contributed by atoms with van der Waals surface area (Å²) in [5, 5.41) is 0. The zero-order valence-corrected chi connectivity index (χ0v) is 24.8. The molecule has 0 aromatic carbocycles. The van der Waals surface area contributed by atoms with Crippen LogP contribution in [0.1, 0.15) is 18.9 Å². The quantitative estimate of drug-likeness (QED) is 0.255. The van der Waals surface area contributed by atoms with Crippen molar-refractivity contribution in [3.63, 3.8) is 0 Å². The number of imidazole rings is 2. The summed E-state index contributed by atoms with van der Waals surface area (Å²) in [7, 11) is -2.91. The lowest BCUT2D eigenvalue weighted by molar-refractivity contribution is -0.0441. The van der Waals surface area contributed by atoms with Crippen molar-refractivity contribution in [3.05, 3.63) is 25.3 Å². The Kier molecular flexibility index (Phi) is 7.72. The van der Waals surface area contributed by atoms with E-state index in [0.29, 0.717) is 0 Å². The standard InChI is InChI=1S/C21H22F2N10O8P2S/c22-10-14-9(39-20(10)32-6-30-12-16(24)26-4-28-18(12)32)3-37-43(35,44)41-15-8(1-2-36-42(34)40-14)38-21(11(15)23)33-7-31-13-17(25)27-5-29-19(13)33/h4-11,14-15,20-21H,1-3H2,(H4-,24,25,26,27,28,29,35,44)/p+1/t8-,9-,10-,11-,14-,15-,20-,21-,43?/m1/s1. The first-order valence-corrected chi connectivity index (χ1v) is 16.7. The summed E-state index contributed by atoms with van der Waals surface area (Å²) in [5.74, 6) is 0.154. The van der Waals surface area contributed by atoms with Gasteiger partial charge in [0.25, 0.3) is 0 Å². The second-order valence-corrected chi connectivity index (χ2v) is 13.6. The number of alkyl halides is 2. The Balaban J connectivity index is 1.14. The third-order valence-corrected chi connectivity index (χ3v) is 9.69. The summed E-state index contributed by atoms with van der Waals surface area (Å²) < 4.78 is 80.8. The highest BCUT2D eigenvalue weighted by molar-refractivity contribution is 8.07. The van der Waals surface area contributed by atoms with E-state index in [1.54, 1.807) is 0 Å². The van der Waals surface area contributed by atoms with Gasteiger partial charge in [0.1, 0.15) is 42.5 Å². The maximum atomic E-state index is 16.0. The van der Waals surface area contributed by atoms with Crippen LogP contribution < -0.4 is 11.5 Å². The van der Waals surface area contributed by atoms with Crippen molar-refractivity contribution in [2.24, 2.45) is 0 Å². The van der Waals surface area contributed by atoms with Crippen molar-refractivity contribution in [1.29, 1.82) is 0 Å². The van der Waals surface area contributed by atoms with Gasteiger partial charge < -0.3 is 30.4 Å². The largest absolute Gasteiger partial charge is 0.697 e. The molecule has 3 saturated heterocycles. The van der Waals surface area contributed by atoms with Crippen molar-refractivity contribution in [2.75, 3.05) is 24.7 Å². The lowest BCUT2D eigenvalue weighted by atomic mass is 10.1. The number of hydrogen-bond donors (Lipinski definition) is 3. The van der Waals surface area contributed by atoms with Gasteiger partial charge in [0, 0.05) is 11.0 Å². The number of nitrogens with zero attached hydrogens (tertiary/aromatic N) is 8. The fraction of sp³-hybridized carbons (Fsp3) is 0.524. The number of aromatic nitrogens is 8. The van der Waals surface area contributed by atoms with Crippen molar-refractivity contribution in [2.45, 2.75) is 55.6 Å². The van der Waals surface area contributed by atoms with Gasteiger partial charge in [-0.25, -0.2) is 38.7 Å². The molecule has 5 N–H and O–H groups in total. The number of nitrogens with two attached hydrogens (primary N) is 2. The second kappa shape index (κ2) is 11.4. The minimum atomic E-state index is -4.21. The highest BCUT2D eigenvalue weighted by atomic mass is 32.5. The van der Waals surface area contributed by atoms with Gasteiger partial charge in [0.2, 0.25) is 0 Å². The highest BCUT2D eigenvalue weighted by Crippen LogP contribution is 2.52. The fourth-order valence-corrected chi connectivity index (χ4v) is 7.49. The first kappa shape index (κ1) is 29.7. The predicted octanol–water partition coefficient (Wildman–Crippen LogP) is 1.38. The highest BCUT2D eigenvalue weighted by Gasteiger charge is 2.54. The van der Waals surface area contributed by atoms with Crippen LogP contribution >= 0.6 is 15.0 Å². The second-order valence-electron chi connectivity index (χ2n) is 9.93. The SMILES string of the molecule is Nc1ncnc2c1ncn2[C@@H]1O[C@@H]2COP(O)(=S)O[C@H]3[C@@H](F)[C@H](n4cnc5c(N)ncnc54)O[C@@H]3CCO[P+](=O)O[C@H]2[C@H]1F. The molecule has 2 unspecified atom stereocenters. The molecule has 44 heavy (non-hydrogen) atoms. The van der Waals surface area contributed by atoms with Gasteiger partial charge in [0.05, 0.1) is 25.4 Å². The zero-order chi connectivity index (χ0) is 30.7. The average molecular weight is 675 g/mol. The molecule has 234 valence electrons. The molecule has 4 aromatic heterocycles. The topological polar surface area (TPSA) is 232 Å². The van der Waals surface area contributed by atoms with Crippen LogP contribution in [0.3, 0.4) is 0 Å². The van der Waals surface area contributed by atoms with Crippen LogP contribution in [0.15, 0.2) is 25.3 Å². The fourth-order valence-electron chi connectivity index (χ4n) is 5.29. The maximum absolute atomic E-state index is 16.0. The van der Waals surface area contributed by atoms with Crippen LogP contribution in [0.2, 0.25) is 0 Å². The van der Waals surface area contributed by atoms with E-state index in [1.807, 2.05) is 0 Å². The molecule has 3 aliphatic rings. The van der Waals surface area contributed by atoms with E-state index in [0.717, 1.165) is 0 Å². The van der Waals surface area contributed by atoms with Crippen LogP contribution in [0, 0.1) is 0 Å². The molecular formula is C21H23F2N10O8P2S+. The number of rotatable bonds is 2. The molecule has 23 heteroatoms. The summed E-state index contributed by atoms with van der Waals surface area (Å²) in [6.07, 6.45) is -7.05. The van der Waals surface area contributed by atoms with Crippen LogP contribution in [0.4, 0.5) is 20.4 Å². The average Bonchev–Trinajstić information content (AvgIpc) is 3.74. The van der Waals surface area contributed by atoms with Crippen LogP contribution in [-0.4, -0.2) is 93.9 Å². The van der Waals surface area contributed by atoms with Gasteiger partial charge in [-0.2, -0.15) is 0 Å². The molecule has 3 aliphatic heterocycles. The molecule has 18 nitrogen and oxygen atoms in total. The molecule has 7 rings (SSSR count). The van der Waals surface area contributed by atoms with Crippen molar-refractivity contribution in [3.8, 4) is 0 Å². The normalized spacial score (nSPS) is 36.0. The van der Waals surface area contributed by atoms with Crippen molar-refractivity contribution in [1.82, 2.24) is 39.0 Å². The number of nitrogen functional groups attached to an aromatic ring is 2. The zero-order valence-electron chi connectivity index (χ0n) is 22.1. The third kappa shape index (κ3) is 5.22. The Morgan fingerprint density at radius 2 is 1.48 bits per heavy atom. The number of halogens is 2. The summed E-state index contributed by atoms with van der Waals surface area (Å²) in [5.41, 5.74) is 12.5. The molecule has 0 radical (unpaired) electrons. The molecule has 0 bridgehead atoms. The monoisotopic (exact) mass is 675 g/mol. The lowest BCUT2D eigenvalue weighted by Crippen LogP contribution is -2.33. The van der Waals surface area contributed by atoms with Gasteiger partial charge >= 0.3 is 15.0 Å². The Morgan fingerprint density at radius 3 is 2.09 bits per heavy atom. The molecule has 10 atom stereocenters. The molecule has 4 aromatic rings. The van der Waals surface area contributed by atoms with Crippen molar-refractivity contribution < 1.29 is 45.8 Å². The van der Waals surface area contributed by atoms with E-state index in [1.165, 1.54) is 34.4 Å². The lowest BCUT2D eigenvalue weighted by Gasteiger charge is -2.25. The summed E-state index contributed by atoms with van der Waals surface area (Å²) in [4.78, 5) is 35.1. The number of anilines is 2.